The van der Waals surface area contributed by atoms with Crippen LogP contribution in [0.5, 0.6) is 0 Å². The van der Waals surface area contributed by atoms with E-state index in [1.807, 2.05) is 13.0 Å². The van der Waals surface area contributed by atoms with E-state index in [-0.39, 0.29) is 12.6 Å². The third kappa shape index (κ3) is 4.31. The molecule has 1 unspecified atom stereocenters. The zero-order valence-electron chi connectivity index (χ0n) is 13.7. The second-order valence-corrected chi connectivity index (χ2v) is 5.07. The van der Waals surface area contributed by atoms with Crippen LogP contribution in [-0.4, -0.2) is 47.1 Å². The Labute approximate surface area is 139 Å². The third-order valence-corrected chi connectivity index (χ3v) is 3.60. The van der Waals surface area contributed by atoms with Crippen molar-refractivity contribution in [2.45, 2.75) is 25.8 Å². The van der Waals surface area contributed by atoms with Gasteiger partial charge in [0.2, 0.25) is 0 Å². The minimum atomic E-state index is -0.684. The van der Waals surface area contributed by atoms with Crippen LogP contribution in [0.2, 0.25) is 0 Å². The molecular formula is C16H21N5O3. The zero-order valence-corrected chi connectivity index (χ0v) is 13.7. The summed E-state index contributed by atoms with van der Waals surface area (Å²) in [5.74, 6) is 0. The number of aromatic amines is 1. The Kier molecular flexibility index (Phi) is 6.30. The normalized spacial score (nSPS) is 12.7. The molecule has 128 valence electrons. The summed E-state index contributed by atoms with van der Waals surface area (Å²) in [5, 5.41) is 11.8. The molecule has 24 heavy (non-hydrogen) atoms. The van der Waals surface area contributed by atoms with Crippen LogP contribution in [0.4, 0.5) is 4.79 Å². The van der Waals surface area contributed by atoms with Crippen molar-refractivity contribution in [3.63, 3.8) is 0 Å². The molecular weight excluding hydrogens is 310 g/mol. The second kappa shape index (κ2) is 8.66. The third-order valence-electron chi connectivity index (χ3n) is 3.60. The van der Waals surface area contributed by atoms with Gasteiger partial charge in [-0.1, -0.05) is 6.92 Å². The van der Waals surface area contributed by atoms with Crippen molar-refractivity contribution in [3.05, 3.63) is 30.5 Å². The van der Waals surface area contributed by atoms with E-state index in [0.717, 1.165) is 17.5 Å². The topological polar surface area (TPSA) is 113 Å². The fourth-order valence-corrected chi connectivity index (χ4v) is 2.24. The molecule has 0 aromatic carbocycles. The molecule has 0 spiro atoms. The average molecular weight is 331 g/mol. The van der Waals surface area contributed by atoms with E-state index in [1.165, 1.54) is 19.7 Å². The number of rotatable bonds is 8. The molecule has 2 aromatic rings. The van der Waals surface area contributed by atoms with Gasteiger partial charge in [0.25, 0.3) is 0 Å². The van der Waals surface area contributed by atoms with E-state index < -0.39 is 6.16 Å². The van der Waals surface area contributed by atoms with Crippen molar-refractivity contribution >= 4 is 29.0 Å². The quantitative estimate of drug-likeness (QED) is 0.506. The SMILES string of the molecule is CCC(CCOC(=O)OC)N/C=C(\C=N)c1ncnc2[nH]ccc12. The Hall–Kier alpha value is -2.90. The van der Waals surface area contributed by atoms with E-state index in [1.54, 1.807) is 12.4 Å². The van der Waals surface area contributed by atoms with E-state index in [2.05, 4.69) is 25.0 Å². The zero-order chi connectivity index (χ0) is 17.4. The number of H-pyrrole nitrogens is 1. The van der Waals surface area contributed by atoms with Gasteiger partial charge < -0.3 is 25.2 Å². The molecule has 0 fully saturated rings. The summed E-state index contributed by atoms with van der Waals surface area (Å²) in [6.45, 7) is 2.30. The van der Waals surface area contributed by atoms with Gasteiger partial charge in [-0.05, 0) is 12.5 Å². The van der Waals surface area contributed by atoms with Gasteiger partial charge >= 0.3 is 6.16 Å². The van der Waals surface area contributed by atoms with Crippen LogP contribution < -0.4 is 5.32 Å². The predicted octanol–water partition coefficient (Wildman–Crippen LogP) is 2.49. The number of hydrogen-bond donors (Lipinski definition) is 3. The first kappa shape index (κ1) is 17.5. The van der Waals surface area contributed by atoms with Gasteiger partial charge in [0, 0.05) is 42.0 Å². The van der Waals surface area contributed by atoms with Gasteiger partial charge in [0.15, 0.2) is 0 Å². The van der Waals surface area contributed by atoms with E-state index in [0.29, 0.717) is 17.7 Å². The maximum Gasteiger partial charge on any atom is 0.507 e. The molecule has 0 radical (unpaired) electrons. The average Bonchev–Trinajstić information content (AvgIpc) is 3.09. The molecule has 0 saturated carbocycles. The number of ether oxygens (including phenoxy) is 2. The Morgan fingerprint density at radius 3 is 3.04 bits per heavy atom. The highest BCUT2D eigenvalue weighted by Gasteiger charge is 2.10. The summed E-state index contributed by atoms with van der Waals surface area (Å²) in [7, 11) is 1.28. The van der Waals surface area contributed by atoms with Crippen molar-refractivity contribution in [2.24, 2.45) is 0 Å². The summed E-state index contributed by atoms with van der Waals surface area (Å²) < 4.78 is 9.33. The van der Waals surface area contributed by atoms with Crippen molar-refractivity contribution in [1.82, 2.24) is 20.3 Å². The number of allylic oxidation sites excluding steroid dienone is 1. The smallest absolute Gasteiger partial charge is 0.438 e. The number of carbonyl (C=O) groups is 1. The maximum absolute atomic E-state index is 11.0. The number of carbonyl (C=O) groups excluding carboxylic acids is 1. The first-order valence-corrected chi connectivity index (χ1v) is 7.65. The van der Waals surface area contributed by atoms with Crippen LogP contribution in [0.15, 0.2) is 24.8 Å². The second-order valence-electron chi connectivity index (χ2n) is 5.07. The van der Waals surface area contributed by atoms with Gasteiger partial charge in [-0.25, -0.2) is 14.8 Å². The van der Waals surface area contributed by atoms with Crippen molar-refractivity contribution in [3.8, 4) is 0 Å². The van der Waals surface area contributed by atoms with Gasteiger partial charge in [-0.15, -0.1) is 0 Å². The molecule has 2 heterocycles. The molecule has 0 aliphatic carbocycles. The monoisotopic (exact) mass is 331 g/mol. The van der Waals surface area contributed by atoms with Crippen molar-refractivity contribution in [1.29, 1.82) is 5.41 Å². The summed E-state index contributed by atoms with van der Waals surface area (Å²) in [4.78, 5) is 22.4. The van der Waals surface area contributed by atoms with Crippen LogP contribution in [-0.2, 0) is 9.47 Å². The van der Waals surface area contributed by atoms with Crippen molar-refractivity contribution < 1.29 is 14.3 Å². The lowest BCUT2D eigenvalue weighted by atomic mass is 10.1. The molecule has 0 saturated heterocycles. The lowest BCUT2D eigenvalue weighted by Gasteiger charge is -2.16. The Morgan fingerprint density at radius 1 is 1.50 bits per heavy atom. The summed E-state index contributed by atoms with van der Waals surface area (Å²) in [6, 6.07) is 1.98. The number of nitrogens with zero attached hydrogens (tertiary/aromatic N) is 2. The lowest BCUT2D eigenvalue weighted by molar-refractivity contribution is 0.0698. The Morgan fingerprint density at radius 2 is 2.33 bits per heavy atom. The summed E-state index contributed by atoms with van der Waals surface area (Å²) >= 11 is 0. The number of aromatic nitrogens is 3. The number of hydrogen-bond acceptors (Lipinski definition) is 7. The molecule has 8 heteroatoms. The molecule has 0 bridgehead atoms. The molecule has 2 rings (SSSR count). The molecule has 0 amide bonds. The highest BCUT2D eigenvalue weighted by Crippen LogP contribution is 2.19. The minimum Gasteiger partial charge on any atom is -0.438 e. The van der Waals surface area contributed by atoms with Crippen LogP contribution in [0.25, 0.3) is 16.6 Å². The first-order valence-electron chi connectivity index (χ1n) is 7.65. The van der Waals surface area contributed by atoms with E-state index in [4.69, 9.17) is 10.1 Å². The molecule has 0 aliphatic rings. The summed E-state index contributed by atoms with van der Waals surface area (Å²) in [5.41, 5.74) is 2.06. The molecule has 1 atom stereocenters. The highest BCUT2D eigenvalue weighted by atomic mass is 16.7. The van der Waals surface area contributed by atoms with Gasteiger partial charge in [0.1, 0.15) is 12.0 Å². The number of nitrogens with one attached hydrogen (secondary N) is 3. The van der Waals surface area contributed by atoms with Crippen LogP contribution in [0, 0.1) is 5.41 Å². The molecule has 8 nitrogen and oxygen atoms in total. The number of fused-ring (bicyclic) bond motifs is 1. The Bertz CT molecular complexity index is 725. The van der Waals surface area contributed by atoms with Gasteiger partial charge in [0.05, 0.1) is 19.4 Å². The maximum atomic E-state index is 11.0. The fourth-order valence-electron chi connectivity index (χ4n) is 2.24. The first-order chi connectivity index (χ1) is 11.7. The van der Waals surface area contributed by atoms with Gasteiger partial charge in [-0.2, -0.15) is 0 Å². The lowest BCUT2D eigenvalue weighted by Crippen LogP contribution is -2.26. The molecule has 0 aliphatic heterocycles. The van der Waals surface area contributed by atoms with Crippen LogP contribution in [0.1, 0.15) is 25.5 Å². The highest BCUT2D eigenvalue weighted by molar-refractivity contribution is 6.11. The largest absolute Gasteiger partial charge is 0.507 e. The Balaban J connectivity index is 2.05. The standard InChI is InChI=1S/C16H21N5O3/c1-3-12(5-7-24-16(22)23-2)19-9-11(8-17)14-13-4-6-18-15(13)21-10-20-14/h4,6,8-10,12,17,19H,3,5,7H2,1-2H3,(H,18,20,21)/b11-9+,17-8?. The van der Waals surface area contributed by atoms with Crippen molar-refractivity contribution in [2.75, 3.05) is 13.7 Å². The van der Waals surface area contributed by atoms with E-state index in [9.17, 15) is 4.79 Å². The molecule has 2 aromatic heterocycles. The van der Waals surface area contributed by atoms with E-state index >= 15 is 0 Å². The number of methoxy groups -OCH3 is 1. The minimum absolute atomic E-state index is 0.105. The molecule has 3 N–H and O–H groups in total. The van der Waals surface area contributed by atoms with Crippen LogP contribution in [0.3, 0.4) is 0 Å². The predicted molar refractivity (Wildman–Crippen MR) is 90.8 cm³/mol. The van der Waals surface area contributed by atoms with Gasteiger partial charge in [-0.3, -0.25) is 0 Å². The summed E-state index contributed by atoms with van der Waals surface area (Å²) in [6.07, 6.45) is 7.06. The fraction of sp³-hybridized carbons (Fsp3) is 0.375. The van der Waals surface area contributed by atoms with Crippen LogP contribution >= 0.6 is 0 Å².